The third-order valence-electron chi connectivity index (χ3n) is 9.99. The molecule has 2 atom stereocenters. The predicted octanol–water partition coefficient (Wildman–Crippen LogP) is 3.57. The first-order valence-electron chi connectivity index (χ1n) is 16.9. The predicted molar refractivity (Wildman–Crippen MR) is 184 cm³/mol. The molecule has 0 bridgehead atoms. The van der Waals surface area contributed by atoms with Gasteiger partial charge in [-0.25, -0.2) is 13.8 Å². The number of phenols is 1. The monoisotopic (exact) mass is 698 g/mol. The van der Waals surface area contributed by atoms with E-state index in [0.29, 0.717) is 31.0 Å². The molecule has 2 aromatic carbocycles. The van der Waals surface area contributed by atoms with Gasteiger partial charge in [0.15, 0.2) is 5.82 Å². The van der Waals surface area contributed by atoms with E-state index < -0.39 is 23.7 Å². The quantitative estimate of drug-likeness (QED) is 0.207. The Balaban J connectivity index is 1.27. The number of halogens is 2. The van der Waals surface area contributed by atoms with Gasteiger partial charge in [-0.3, -0.25) is 9.69 Å². The molecule has 1 amide bonds. The van der Waals surface area contributed by atoms with Crippen molar-refractivity contribution in [2.75, 3.05) is 70.7 Å². The van der Waals surface area contributed by atoms with Crippen molar-refractivity contribution in [3.63, 3.8) is 0 Å². The zero-order valence-electron chi connectivity index (χ0n) is 27.8. The number of nitrogens with zero attached hydrogens (tertiary/aromatic N) is 5. The Hall–Kier alpha value is -5.10. The number of aromatic hydroxyl groups is 1. The number of hydrogen-bond donors (Lipinski definition) is 2. The maximum Gasteiger partial charge on any atom is 0.319 e. The number of pyridine rings is 1. The van der Waals surface area contributed by atoms with Gasteiger partial charge in [0.1, 0.15) is 40.6 Å². The summed E-state index contributed by atoms with van der Waals surface area (Å²) in [6, 6.07) is 4.47. The number of phenolic OH excluding ortho intramolecular Hbond substituents is 1. The summed E-state index contributed by atoms with van der Waals surface area (Å²) in [5.41, 5.74) is -0.505. The Morgan fingerprint density at radius 3 is 2.73 bits per heavy atom. The number of morpholine rings is 1. The normalized spacial score (nSPS) is 21.2. The van der Waals surface area contributed by atoms with Crippen LogP contribution in [0.5, 0.6) is 17.6 Å². The van der Waals surface area contributed by atoms with Gasteiger partial charge in [-0.05, 0) is 42.5 Å². The minimum absolute atomic E-state index is 0.0313. The largest absolute Gasteiger partial charge is 0.508 e. The second-order valence-corrected chi connectivity index (χ2v) is 13.5. The van der Waals surface area contributed by atoms with Crippen LogP contribution in [0.4, 0.5) is 14.6 Å². The number of amides is 1. The molecule has 3 aliphatic heterocycles. The SMILES string of the molecule is C#Cc1c(F)ccc2cc(O)cc(-c3nc4c5c(nc(OCC6(CN7CCOCC7)CC6)nc5c3F)N3C[C@H](NC(=O)C=C)COC[C@@H]3CO4)c12. The lowest BCUT2D eigenvalue weighted by molar-refractivity contribution is -0.117. The molecule has 0 spiro atoms. The lowest BCUT2D eigenvalue weighted by atomic mass is 9.95. The van der Waals surface area contributed by atoms with Crippen LogP contribution in [0.25, 0.3) is 32.9 Å². The number of nitrogens with one attached hydrogen (secondary N) is 1. The highest BCUT2D eigenvalue weighted by atomic mass is 19.1. The molecule has 2 N–H and O–H groups in total. The Bertz CT molecular complexity index is 2100. The van der Waals surface area contributed by atoms with Crippen molar-refractivity contribution in [1.82, 2.24) is 25.2 Å². The Labute approximate surface area is 292 Å². The zero-order valence-corrected chi connectivity index (χ0v) is 27.8. The molecule has 0 radical (unpaired) electrons. The van der Waals surface area contributed by atoms with Gasteiger partial charge < -0.3 is 34.3 Å². The number of fused-ring (bicyclic) bond motifs is 3. The molecule has 2 saturated heterocycles. The van der Waals surface area contributed by atoms with Crippen LogP contribution in [0.1, 0.15) is 18.4 Å². The summed E-state index contributed by atoms with van der Waals surface area (Å²) < 4.78 is 56.2. The van der Waals surface area contributed by atoms with E-state index >= 15 is 8.78 Å². The van der Waals surface area contributed by atoms with Crippen molar-refractivity contribution < 1.29 is 37.6 Å². The molecule has 14 heteroatoms. The molecule has 12 nitrogen and oxygen atoms in total. The van der Waals surface area contributed by atoms with Gasteiger partial charge in [0, 0.05) is 42.5 Å². The van der Waals surface area contributed by atoms with Crippen LogP contribution in [-0.4, -0.2) is 109 Å². The van der Waals surface area contributed by atoms with Gasteiger partial charge in [0.2, 0.25) is 11.8 Å². The fourth-order valence-corrected chi connectivity index (χ4v) is 7.18. The maximum absolute atomic E-state index is 17.2. The number of aromatic nitrogens is 3. The number of carbonyl (C=O) groups excluding carboxylic acids is 1. The van der Waals surface area contributed by atoms with E-state index in [2.05, 4.69) is 32.7 Å². The molecule has 0 unspecified atom stereocenters. The van der Waals surface area contributed by atoms with E-state index in [9.17, 15) is 9.90 Å². The van der Waals surface area contributed by atoms with Crippen LogP contribution >= 0.6 is 0 Å². The summed E-state index contributed by atoms with van der Waals surface area (Å²) in [6.07, 6.45) is 8.86. The summed E-state index contributed by atoms with van der Waals surface area (Å²) in [6.45, 7) is 8.56. The number of ether oxygens (including phenoxy) is 4. The number of anilines is 1. The molecule has 5 heterocycles. The first kappa shape index (κ1) is 33.1. The highest BCUT2D eigenvalue weighted by Crippen LogP contribution is 2.47. The smallest absolute Gasteiger partial charge is 0.319 e. The first-order valence-corrected chi connectivity index (χ1v) is 16.9. The van der Waals surface area contributed by atoms with Crippen LogP contribution in [0, 0.1) is 29.4 Å². The molecule has 4 aliphatic rings. The molecule has 2 aromatic heterocycles. The fraction of sp³-hybridized carbons (Fsp3) is 0.405. The molecule has 1 saturated carbocycles. The van der Waals surface area contributed by atoms with Gasteiger partial charge in [0.05, 0.1) is 50.7 Å². The Kier molecular flexibility index (Phi) is 8.57. The van der Waals surface area contributed by atoms with Crippen LogP contribution in [0.2, 0.25) is 0 Å². The van der Waals surface area contributed by atoms with E-state index in [1.165, 1.54) is 30.3 Å². The summed E-state index contributed by atoms with van der Waals surface area (Å²) in [5, 5.41) is 14.4. The summed E-state index contributed by atoms with van der Waals surface area (Å²) in [4.78, 5) is 30.6. The van der Waals surface area contributed by atoms with E-state index in [1.54, 1.807) is 0 Å². The first-order chi connectivity index (χ1) is 24.8. The van der Waals surface area contributed by atoms with Crippen molar-refractivity contribution in [2.24, 2.45) is 5.41 Å². The van der Waals surface area contributed by atoms with Crippen molar-refractivity contribution >= 4 is 33.4 Å². The summed E-state index contributed by atoms with van der Waals surface area (Å²) in [7, 11) is 0. The Morgan fingerprint density at radius 1 is 1.14 bits per heavy atom. The second-order valence-electron chi connectivity index (χ2n) is 13.5. The summed E-state index contributed by atoms with van der Waals surface area (Å²) >= 11 is 0. The van der Waals surface area contributed by atoms with Crippen LogP contribution < -0.4 is 19.7 Å². The van der Waals surface area contributed by atoms with Crippen molar-refractivity contribution in [3.05, 3.63) is 54.1 Å². The lowest BCUT2D eigenvalue weighted by Gasteiger charge is -2.31. The van der Waals surface area contributed by atoms with Crippen molar-refractivity contribution in [2.45, 2.75) is 24.9 Å². The topological polar surface area (TPSA) is 131 Å². The highest BCUT2D eigenvalue weighted by molar-refractivity contribution is 6.04. The standard InChI is InChI=1S/C37H36F2N6O6/c1-3-25-27(38)6-5-21-13-24(46)14-26(29(21)25)32-31(39)33-30-34(43-36(42-33)51-20-37(7-8-37)19-44-9-11-48-12-10-44)45-15-22(40-28(47)4-2)16-49-17-23(45)18-50-35(30)41-32/h1,4-6,13-14,22-23,46H,2,7-12,15-20H2,(H,40,47)/t22-,23+/m0/s1. The number of benzene rings is 2. The third kappa shape index (κ3) is 6.26. The van der Waals surface area contributed by atoms with Gasteiger partial charge in [-0.2, -0.15) is 9.97 Å². The zero-order chi connectivity index (χ0) is 35.3. The van der Waals surface area contributed by atoms with Crippen molar-refractivity contribution in [3.8, 4) is 41.2 Å². The number of hydrogen-bond acceptors (Lipinski definition) is 11. The second kappa shape index (κ2) is 13.2. The third-order valence-corrected chi connectivity index (χ3v) is 9.99. The average Bonchev–Trinajstić information content (AvgIpc) is 3.94. The number of terminal acetylenes is 1. The Morgan fingerprint density at radius 2 is 1.96 bits per heavy atom. The van der Waals surface area contributed by atoms with Crippen molar-refractivity contribution in [1.29, 1.82) is 0 Å². The molecular formula is C37H36F2N6O6. The molecule has 1 aliphatic carbocycles. The van der Waals surface area contributed by atoms with Gasteiger partial charge in [-0.15, -0.1) is 6.42 Å². The minimum atomic E-state index is -0.861. The number of carbonyl (C=O) groups is 1. The van der Waals surface area contributed by atoms with E-state index in [4.69, 9.17) is 30.4 Å². The van der Waals surface area contributed by atoms with Gasteiger partial charge in [0.25, 0.3) is 0 Å². The molecular weight excluding hydrogens is 662 g/mol. The van der Waals surface area contributed by atoms with Crippen LogP contribution in [-0.2, 0) is 14.3 Å². The van der Waals surface area contributed by atoms with E-state index in [0.717, 1.165) is 32.5 Å². The average molecular weight is 699 g/mol. The molecule has 264 valence electrons. The molecule has 3 fully saturated rings. The minimum Gasteiger partial charge on any atom is -0.508 e. The maximum atomic E-state index is 17.2. The lowest BCUT2D eigenvalue weighted by Crippen LogP contribution is -2.48. The van der Waals surface area contributed by atoms with E-state index in [-0.39, 0.29) is 88.4 Å². The molecule has 4 aromatic rings. The summed E-state index contributed by atoms with van der Waals surface area (Å²) in [5.74, 6) is 0.616. The van der Waals surface area contributed by atoms with Gasteiger partial charge in [-0.1, -0.05) is 18.6 Å². The van der Waals surface area contributed by atoms with Crippen LogP contribution in [0.3, 0.4) is 0 Å². The number of rotatable bonds is 8. The highest BCUT2D eigenvalue weighted by Gasteiger charge is 2.45. The van der Waals surface area contributed by atoms with Gasteiger partial charge >= 0.3 is 6.01 Å². The van der Waals surface area contributed by atoms with E-state index in [1.807, 2.05) is 4.90 Å². The molecule has 8 rings (SSSR count). The fourth-order valence-electron chi connectivity index (χ4n) is 7.18. The molecule has 51 heavy (non-hydrogen) atoms. The van der Waals surface area contributed by atoms with Crippen LogP contribution in [0.15, 0.2) is 36.9 Å².